The van der Waals surface area contributed by atoms with E-state index in [1.54, 1.807) is 0 Å². The molecule has 11 aromatic rings. The summed E-state index contributed by atoms with van der Waals surface area (Å²) >= 11 is 1.89. The van der Waals surface area contributed by atoms with Crippen LogP contribution in [0, 0.1) is 0 Å². The molecule has 3 aliphatic rings. The molecule has 0 bridgehead atoms. The van der Waals surface area contributed by atoms with Crippen LogP contribution < -0.4 is 9.80 Å². The van der Waals surface area contributed by atoms with E-state index in [0.717, 1.165) is 22.7 Å². The van der Waals surface area contributed by atoms with Gasteiger partial charge in [-0.15, -0.1) is 11.3 Å². The lowest BCUT2D eigenvalue weighted by molar-refractivity contribution is 0.660. The number of nitrogens with zero attached hydrogens (tertiary/aromatic N) is 2. The second-order valence-corrected chi connectivity index (χ2v) is 19.8. The van der Waals surface area contributed by atoms with Gasteiger partial charge < -0.3 is 9.80 Å². The van der Waals surface area contributed by atoms with E-state index >= 15 is 0 Å². The molecule has 2 heterocycles. The van der Waals surface area contributed by atoms with Gasteiger partial charge in [0.05, 0.1) is 22.5 Å². The highest BCUT2D eigenvalue weighted by Crippen LogP contribution is 2.64. The maximum atomic E-state index is 2.55. The Balaban J connectivity index is 1.05. The van der Waals surface area contributed by atoms with Crippen LogP contribution >= 0.6 is 11.3 Å². The van der Waals surface area contributed by atoms with Crippen molar-refractivity contribution in [2.75, 3.05) is 9.80 Å². The number of benzene rings is 10. The largest absolute Gasteiger partial charge is 0.310 e. The second kappa shape index (κ2) is 14.3. The molecule has 2 nitrogen and oxygen atoms in total. The zero-order valence-electron chi connectivity index (χ0n) is 37.2. The van der Waals surface area contributed by atoms with Gasteiger partial charge in [-0.25, -0.2) is 0 Å². The zero-order chi connectivity index (χ0) is 44.4. The molecule has 0 unspecified atom stereocenters. The van der Waals surface area contributed by atoms with Crippen LogP contribution in [0.3, 0.4) is 0 Å². The van der Waals surface area contributed by atoms with E-state index in [-0.39, 0.29) is 5.41 Å². The first-order valence-corrected chi connectivity index (χ1v) is 24.2. The lowest BCUT2D eigenvalue weighted by Crippen LogP contribution is -2.36. The molecule has 0 saturated carbocycles. The minimum Gasteiger partial charge on any atom is -0.310 e. The van der Waals surface area contributed by atoms with Gasteiger partial charge in [0, 0.05) is 53.8 Å². The third-order valence-corrected chi connectivity index (χ3v) is 16.3. The summed E-state index contributed by atoms with van der Waals surface area (Å²) in [5, 5.41) is 2.61. The Morgan fingerprint density at radius 3 is 1.61 bits per heavy atom. The van der Waals surface area contributed by atoms with Gasteiger partial charge in [-0.3, -0.25) is 0 Å². The molecule has 0 radical (unpaired) electrons. The first-order valence-electron chi connectivity index (χ1n) is 23.3. The number of fused-ring (bicyclic) bond motifs is 15. The van der Waals surface area contributed by atoms with E-state index in [1.807, 2.05) is 11.3 Å². The first kappa shape index (κ1) is 38.3. The Kier molecular flexibility index (Phi) is 8.15. The second-order valence-electron chi connectivity index (χ2n) is 18.8. The average Bonchev–Trinajstić information content (AvgIpc) is 3.98. The highest BCUT2D eigenvalue weighted by Gasteiger charge is 2.52. The zero-order valence-corrected chi connectivity index (χ0v) is 38.1. The van der Waals surface area contributed by atoms with Gasteiger partial charge in [-0.2, -0.15) is 0 Å². The molecule has 10 aromatic carbocycles. The van der Waals surface area contributed by atoms with Crippen LogP contribution in [-0.2, 0) is 10.8 Å². The summed E-state index contributed by atoms with van der Waals surface area (Å²) in [7, 11) is 0. The Morgan fingerprint density at radius 2 is 0.881 bits per heavy atom. The van der Waals surface area contributed by atoms with Crippen molar-refractivity contribution in [3.63, 3.8) is 0 Å². The van der Waals surface area contributed by atoms with E-state index in [4.69, 9.17) is 0 Å². The Hall–Kier alpha value is -7.98. The summed E-state index contributed by atoms with van der Waals surface area (Å²) in [6.45, 7) is 4.77. The topological polar surface area (TPSA) is 6.48 Å². The summed E-state index contributed by atoms with van der Waals surface area (Å²) in [5.41, 5.74) is 21.7. The SMILES string of the molecule is CC1(C)c2ccccc2-c2ccc(N(c3ccc4c(c3)C3(c5ccccc5-4)c4ccccc4N(c4ccccc4)c4ccccc43)c3ccccc3-c3cccc4c3sc3ccccc34)cc21. The average molecular weight is 873 g/mol. The lowest BCUT2D eigenvalue weighted by Gasteiger charge is -2.45. The fraction of sp³-hybridized carbons (Fsp3) is 0.0625. The van der Waals surface area contributed by atoms with Crippen molar-refractivity contribution in [1.29, 1.82) is 0 Å². The van der Waals surface area contributed by atoms with Crippen molar-refractivity contribution in [2.24, 2.45) is 0 Å². The van der Waals surface area contributed by atoms with Crippen LogP contribution in [0.15, 0.2) is 231 Å². The quantitative estimate of drug-likeness (QED) is 0.170. The third-order valence-electron chi connectivity index (χ3n) is 15.1. The van der Waals surface area contributed by atoms with Gasteiger partial charge >= 0.3 is 0 Å². The summed E-state index contributed by atoms with van der Waals surface area (Å²) in [5.74, 6) is 0. The number of hydrogen-bond acceptors (Lipinski definition) is 3. The number of anilines is 6. The summed E-state index contributed by atoms with van der Waals surface area (Å²) in [6, 6.07) is 86.4. The van der Waals surface area contributed by atoms with Gasteiger partial charge in [0.15, 0.2) is 0 Å². The van der Waals surface area contributed by atoms with E-state index in [2.05, 4.69) is 254 Å². The Bertz CT molecular complexity index is 3770. The predicted molar refractivity (Wildman–Crippen MR) is 283 cm³/mol. The standard InChI is InChI=1S/C64H44N2S/c1-63(2)52-27-10-6-21-44(52)46-37-35-42(39-56(46)63)65(58-31-14-8-23-48(58)50-25-18-26-51-49-24-9-17-34-61(49)67-62(50)51)43-36-38-47-45-22-7-11-28-53(45)64(57(47)40-43)54-29-12-15-32-59(54)66(41-19-4-3-5-20-41)60-33-16-13-30-55(60)64/h3-40H,1-2H3. The number of rotatable bonds is 5. The van der Waals surface area contributed by atoms with Crippen LogP contribution in [-0.4, -0.2) is 0 Å². The maximum absolute atomic E-state index is 2.55. The van der Waals surface area contributed by atoms with E-state index < -0.39 is 5.41 Å². The number of thiophene rings is 1. The minimum atomic E-state index is -0.587. The number of hydrogen-bond donors (Lipinski definition) is 0. The molecule has 0 saturated heterocycles. The van der Waals surface area contributed by atoms with Gasteiger partial charge in [-0.05, 0) is 116 Å². The van der Waals surface area contributed by atoms with Gasteiger partial charge in [0.25, 0.3) is 0 Å². The fourth-order valence-electron chi connectivity index (χ4n) is 12.2. The highest BCUT2D eigenvalue weighted by atomic mass is 32.1. The van der Waals surface area contributed by atoms with Gasteiger partial charge in [0.2, 0.25) is 0 Å². The molecule has 0 amide bonds. The van der Waals surface area contributed by atoms with Gasteiger partial charge in [0.1, 0.15) is 0 Å². The molecule has 14 rings (SSSR count). The molecule has 3 heteroatoms. The predicted octanol–water partition coefficient (Wildman–Crippen LogP) is 17.6. The van der Waals surface area contributed by atoms with Crippen molar-refractivity contribution >= 4 is 65.6 Å². The Labute approximate surface area is 395 Å². The molecule has 2 aliphatic carbocycles. The van der Waals surface area contributed by atoms with Crippen LogP contribution in [0.1, 0.15) is 47.2 Å². The van der Waals surface area contributed by atoms with Crippen molar-refractivity contribution in [2.45, 2.75) is 24.7 Å². The molecule has 1 aromatic heterocycles. The van der Waals surface area contributed by atoms with Crippen LogP contribution in [0.2, 0.25) is 0 Å². The molecule has 0 atom stereocenters. The molecule has 316 valence electrons. The van der Waals surface area contributed by atoms with Gasteiger partial charge in [-0.1, -0.05) is 184 Å². The van der Waals surface area contributed by atoms with Crippen molar-refractivity contribution in [3.05, 3.63) is 264 Å². The lowest BCUT2D eigenvalue weighted by atomic mass is 9.64. The summed E-state index contributed by atoms with van der Waals surface area (Å²) in [4.78, 5) is 5.01. The van der Waals surface area contributed by atoms with Crippen LogP contribution in [0.5, 0.6) is 0 Å². The molecule has 0 N–H and O–H groups in total. The van der Waals surface area contributed by atoms with E-state index in [0.29, 0.717) is 0 Å². The molecule has 1 aliphatic heterocycles. The minimum absolute atomic E-state index is 0.167. The third kappa shape index (κ3) is 5.26. The van der Waals surface area contributed by atoms with E-state index in [9.17, 15) is 0 Å². The van der Waals surface area contributed by atoms with E-state index in [1.165, 1.54) is 98.3 Å². The monoisotopic (exact) mass is 872 g/mol. The normalized spacial score (nSPS) is 14.3. The smallest absolute Gasteiger partial charge is 0.0755 e. The van der Waals surface area contributed by atoms with Crippen molar-refractivity contribution in [3.8, 4) is 33.4 Å². The number of para-hydroxylation sites is 4. The highest BCUT2D eigenvalue weighted by molar-refractivity contribution is 7.26. The molecule has 0 fully saturated rings. The first-order chi connectivity index (χ1) is 33.0. The molecule has 1 spiro atoms. The molecule has 67 heavy (non-hydrogen) atoms. The maximum Gasteiger partial charge on any atom is 0.0755 e. The summed E-state index contributed by atoms with van der Waals surface area (Å²) < 4.78 is 2.62. The van der Waals surface area contributed by atoms with Crippen molar-refractivity contribution in [1.82, 2.24) is 0 Å². The molecular formula is C64H44N2S. The summed E-state index contributed by atoms with van der Waals surface area (Å²) in [6.07, 6.45) is 0. The molecular weight excluding hydrogens is 829 g/mol. The van der Waals surface area contributed by atoms with Crippen LogP contribution in [0.25, 0.3) is 53.6 Å². The Morgan fingerprint density at radius 1 is 0.373 bits per heavy atom. The fourth-order valence-corrected chi connectivity index (χ4v) is 13.4. The van der Waals surface area contributed by atoms with Crippen molar-refractivity contribution < 1.29 is 0 Å². The van der Waals surface area contributed by atoms with Crippen LogP contribution in [0.4, 0.5) is 34.1 Å².